The summed E-state index contributed by atoms with van der Waals surface area (Å²) in [4.78, 5) is 0. The van der Waals surface area contributed by atoms with Gasteiger partial charge in [0.15, 0.2) is 5.29 Å². The molecule has 4 nitrogen and oxygen atoms in total. The van der Waals surface area contributed by atoms with Gasteiger partial charge >= 0.3 is 0 Å². The Hall–Kier alpha value is -2.40. The van der Waals surface area contributed by atoms with Gasteiger partial charge < -0.3 is 18.9 Å². The van der Waals surface area contributed by atoms with Crippen LogP contribution < -0.4 is 18.9 Å². The summed E-state index contributed by atoms with van der Waals surface area (Å²) in [5.74, 6) is 3.24. The molecule has 0 aromatic heterocycles. The molecule has 170 valence electrons. The molecule has 0 bridgehead atoms. The number of halogens is 2. The van der Waals surface area contributed by atoms with E-state index in [1.165, 1.54) is 6.08 Å². The SMILES string of the molecule is CCc1cc(OCC=C(F)Cl)cc(C)c1OCCCCOc1ccc(OC(C)C)cc1. The molecule has 0 saturated heterocycles. The zero-order chi connectivity index (χ0) is 22.6. The lowest BCUT2D eigenvalue weighted by atomic mass is 10.1. The highest BCUT2D eigenvalue weighted by atomic mass is 35.5. The van der Waals surface area contributed by atoms with Crippen LogP contribution in [0.5, 0.6) is 23.0 Å². The lowest BCUT2D eigenvalue weighted by Crippen LogP contribution is -2.06. The van der Waals surface area contributed by atoms with Crippen molar-refractivity contribution in [3.8, 4) is 23.0 Å². The monoisotopic (exact) mass is 450 g/mol. The standard InChI is InChI=1S/C25H32ClFO4/c1-5-20-17-23(29-15-12-24(26)27)16-19(4)25(20)30-14-7-6-13-28-21-8-10-22(11-9-21)31-18(2)3/h8-12,16-18H,5-7,13-15H2,1-4H3. The summed E-state index contributed by atoms with van der Waals surface area (Å²) in [6, 6.07) is 11.5. The Morgan fingerprint density at radius 2 is 1.61 bits per heavy atom. The minimum Gasteiger partial charge on any atom is -0.494 e. The second-order valence-electron chi connectivity index (χ2n) is 7.43. The van der Waals surface area contributed by atoms with Gasteiger partial charge in [-0.25, -0.2) is 0 Å². The predicted molar refractivity (Wildman–Crippen MR) is 124 cm³/mol. The van der Waals surface area contributed by atoms with Gasteiger partial charge in [0, 0.05) is 6.08 Å². The number of rotatable bonds is 13. The molecule has 0 heterocycles. The summed E-state index contributed by atoms with van der Waals surface area (Å²) in [5.41, 5.74) is 2.05. The first kappa shape index (κ1) is 24.9. The van der Waals surface area contributed by atoms with Gasteiger partial charge in [-0.2, -0.15) is 4.39 Å². The Balaban J connectivity index is 1.75. The van der Waals surface area contributed by atoms with Gasteiger partial charge in [-0.05, 0) is 87.6 Å². The van der Waals surface area contributed by atoms with Crippen LogP contribution in [0.3, 0.4) is 0 Å². The van der Waals surface area contributed by atoms with Gasteiger partial charge in [0.1, 0.15) is 29.6 Å². The summed E-state index contributed by atoms with van der Waals surface area (Å²) < 4.78 is 35.6. The van der Waals surface area contributed by atoms with Crippen LogP contribution in [0.2, 0.25) is 0 Å². The summed E-state index contributed by atoms with van der Waals surface area (Å²) in [5, 5.41) is -0.770. The van der Waals surface area contributed by atoms with E-state index in [4.69, 9.17) is 30.5 Å². The third kappa shape index (κ3) is 9.09. The second kappa shape index (κ2) is 13.1. The molecule has 2 aromatic rings. The van der Waals surface area contributed by atoms with E-state index in [1.807, 2.05) is 57.2 Å². The quantitative estimate of drug-likeness (QED) is 0.307. The Labute approximate surface area is 189 Å². The average molecular weight is 451 g/mol. The fourth-order valence-electron chi connectivity index (χ4n) is 3.02. The van der Waals surface area contributed by atoms with Crippen molar-refractivity contribution >= 4 is 11.6 Å². The molecule has 0 aliphatic rings. The van der Waals surface area contributed by atoms with Gasteiger partial charge in [-0.1, -0.05) is 18.5 Å². The molecule has 0 N–H and O–H groups in total. The number of ether oxygens (including phenoxy) is 4. The van der Waals surface area contributed by atoms with E-state index in [0.717, 1.165) is 47.6 Å². The maximum absolute atomic E-state index is 12.6. The summed E-state index contributed by atoms with van der Waals surface area (Å²) in [7, 11) is 0. The average Bonchev–Trinajstić information content (AvgIpc) is 2.72. The van der Waals surface area contributed by atoms with Gasteiger partial charge in [-0.15, -0.1) is 0 Å². The van der Waals surface area contributed by atoms with E-state index in [0.29, 0.717) is 19.0 Å². The topological polar surface area (TPSA) is 36.9 Å². The first-order valence-corrected chi connectivity index (χ1v) is 11.1. The van der Waals surface area contributed by atoms with Gasteiger partial charge in [-0.3, -0.25) is 0 Å². The van der Waals surface area contributed by atoms with Crippen LogP contribution in [0.15, 0.2) is 47.8 Å². The van der Waals surface area contributed by atoms with E-state index < -0.39 is 5.29 Å². The van der Waals surface area contributed by atoms with E-state index in [-0.39, 0.29) is 12.7 Å². The zero-order valence-corrected chi connectivity index (χ0v) is 19.5. The second-order valence-corrected chi connectivity index (χ2v) is 7.79. The Morgan fingerprint density at radius 3 is 2.23 bits per heavy atom. The molecule has 0 fully saturated rings. The van der Waals surface area contributed by atoms with Crippen LogP contribution in [0.25, 0.3) is 0 Å². The number of hydrogen-bond donors (Lipinski definition) is 0. The maximum atomic E-state index is 12.6. The molecule has 0 atom stereocenters. The van der Waals surface area contributed by atoms with E-state index in [9.17, 15) is 4.39 Å². The van der Waals surface area contributed by atoms with E-state index >= 15 is 0 Å². The Bertz CT molecular complexity index is 830. The van der Waals surface area contributed by atoms with Crippen LogP contribution in [0, 0.1) is 6.92 Å². The fourth-order valence-corrected chi connectivity index (χ4v) is 3.08. The van der Waals surface area contributed by atoms with Crippen LogP contribution in [0.4, 0.5) is 4.39 Å². The zero-order valence-electron chi connectivity index (χ0n) is 18.8. The molecule has 0 aliphatic carbocycles. The molecular weight excluding hydrogens is 419 g/mol. The molecule has 0 amide bonds. The predicted octanol–water partition coefficient (Wildman–Crippen LogP) is 7.01. The first-order valence-electron chi connectivity index (χ1n) is 10.7. The van der Waals surface area contributed by atoms with Crippen molar-refractivity contribution in [3.63, 3.8) is 0 Å². The molecule has 0 saturated carbocycles. The van der Waals surface area contributed by atoms with Crippen molar-refractivity contribution < 1.29 is 23.3 Å². The molecular formula is C25H32ClFO4. The number of hydrogen-bond acceptors (Lipinski definition) is 4. The largest absolute Gasteiger partial charge is 0.494 e. The molecule has 2 rings (SSSR count). The first-order chi connectivity index (χ1) is 14.9. The van der Waals surface area contributed by atoms with Crippen LogP contribution >= 0.6 is 11.6 Å². The molecule has 0 spiro atoms. The number of benzene rings is 2. The third-order valence-electron chi connectivity index (χ3n) is 4.44. The maximum Gasteiger partial charge on any atom is 0.188 e. The highest BCUT2D eigenvalue weighted by Crippen LogP contribution is 2.30. The van der Waals surface area contributed by atoms with Crippen molar-refractivity contribution in [2.45, 2.75) is 53.1 Å². The summed E-state index contributed by atoms with van der Waals surface area (Å²) in [6.45, 7) is 9.38. The lowest BCUT2D eigenvalue weighted by Gasteiger charge is -2.16. The van der Waals surface area contributed by atoms with Gasteiger partial charge in [0.25, 0.3) is 0 Å². The number of unbranched alkanes of at least 4 members (excludes halogenated alkanes) is 1. The van der Waals surface area contributed by atoms with E-state index in [2.05, 4.69) is 6.92 Å². The van der Waals surface area contributed by atoms with Crippen molar-refractivity contribution in [1.82, 2.24) is 0 Å². The minimum absolute atomic E-state index is 0.0889. The normalized spacial score (nSPS) is 11.5. The van der Waals surface area contributed by atoms with Crippen LogP contribution in [0.1, 0.15) is 44.7 Å². The third-order valence-corrected chi connectivity index (χ3v) is 4.60. The molecule has 0 unspecified atom stereocenters. The fraction of sp³-hybridized carbons (Fsp3) is 0.440. The van der Waals surface area contributed by atoms with Crippen LogP contribution in [-0.4, -0.2) is 25.9 Å². The Kier molecular flexibility index (Phi) is 10.5. The number of aryl methyl sites for hydroxylation is 2. The van der Waals surface area contributed by atoms with E-state index in [1.54, 1.807) is 0 Å². The smallest absolute Gasteiger partial charge is 0.188 e. The Morgan fingerprint density at radius 1 is 0.968 bits per heavy atom. The van der Waals surface area contributed by atoms with Crippen molar-refractivity contribution in [1.29, 1.82) is 0 Å². The van der Waals surface area contributed by atoms with Gasteiger partial charge in [0.05, 0.1) is 19.3 Å². The van der Waals surface area contributed by atoms with Crippen molar-refractivity contribution in [3.05, 3.63) is 58.9 Å². The van der Waals surface area contributed by atoms with Gasteiger partial charge in [0.2, 0.25) is 0 Å². The molecule has 2 aromatic carbocycles. The highest BCUT2D eigenvalue weighted by Gasteiger charge is 2.09. The molecule has 6 heteroatoms. The summed E-state index contributed by atoms with van der Waals surface area (Å²) >= 11 is 5.19. The molecule has 31 heavy (non-hydrogen) atoms. The minimum atomic E-state index is -0.770. The molecule has 0 aliphatic heterocycles. The van der Waals surface area contributed by atoms with Crippen molar-refractivity contribution in [2.24, 2.45) is 0 Å². The lowest BCUT2D eigenvalue weighted by molar-refractivity contribution is 0.241. The summed E-state index contributed by atoms with van der Waals surface area (Å²) in [6.07, 6.45) is 3.93. The molecule has 0 radical (unpaired) electrons. The van der Waals surface area contributed by atoms with Crippen LogP contribution in [-0.2, 0) is 6.42 Å². The van der Waals surface area contributed by atoms with Crippen molar-refractivity contribution in [2.75, 3.05) is 19.8 Å². The highest BCUT2D eigenvalue weighted by molar-refractivity contribution is 6.28.